The van der Waals surface area contributed by atoms with Crippen LogP contribution in [0.15, 0.2) is 56.1 Å². The van der Waals surface area contributed by atoms with Crippen molar-refractivity contribution in [3.63, 3.8) is 0 Å². The standard InChI is InChI=1S/C17H13BrO4/c1-20-12-9-13(21-2)16(18)17-15(12)11(8-14(19)22-17)10-6-4-3-5-7-10/h3-9H,1-2H3. The molecular formula is C17H13BrO4. The van der Waals surface area contributed by atoms with Crippen LogP contribution in [0.1, 0.15) is 0 Å². The highest BCUT2D eigenvalue weighted by atomic mass is 79.9. The summed E-state index contributed by atoms with van der Waals surface area (Å²) in [6.45, 7) is 0. The topological polar surface area (TPSA) is 48.7 Å². The summed E-state index contributed by atoms with van der Waals surface area (Å²) in [6, 6.07) is 12.9. The second-order valence-electron chi connectivity index (χ2n) is 4.64. The predicted octanol–water partition coefficient (Wildman–Crippen LogP) is 4.24. The zero-order valence-electron chi connectivity index (χ0n) is 12.1. The van der Waals surface area contributed by atoms with Crippen molar-refractivity contribution in [2.75, 3.05) is 14.2 Å². The molecule has 0 amide bonds. The van der Waals surface area contributed by atoms with Gasteiger partial charge in [-0.25, -0.2) is 4.79 Å². The van der Waals surface area contributed by atoms with E-state index < -0.39 is 5.63 Å². The molecule has 22 heavy (non-hydrogen) atoms. The molecule has 0 N–H and O–H groups in total. The maximum Gasteiger partial charge on any atom is 0.336 e. The average Bonchev–Trinajstić information content (AvgIpc) is 2.56. The van der Waals surface area contributed by atoms with Gasteiger partial charge in [0.25, 0.3) is 0 Å². The van der Waals surface area contributed by atoms with Crippen LogP contribution < -0.4 is 15.1 Å². The lowest BCUT2D eigenvalue weighted by atomic mass is 10.0. The van der Waals surface area contributed by atoms with E-state index >= 15 is 0 Å². The van der Waals surface area contributed by atoms with Gasteiger partial charge >= 0.3 is 5.63 Å². The van der Waals surface area contributed by atoms with Crippen LogP contribution in [0, 0.1) is 0 Å². The highest BCUT2D eigenvalue weighted by Gasteiger charge is 2.18. The van der Waals surface area contributed by atoms with E-state index in [2.05, 4.69) is 15.9 Å². The Morgan fingerprint density at radius 2 is 1.68 bits per heavy atom. The van der Waals surface area contributed by atoms with E-state index in [1.807, 2.05) is 30.3 Å². The lowest BCUT2D eigenvalue weighted by Crippen LogP contribution is -2.01. The first kappa shape index (κ1) is 14.7. The number of hydrogen-bond donors (Lipinski definition) is 0. The fraction of sp³-hybridized carbons (Fsp3) is 0.118. The molecule has 0 radical (unpaired) electrons. The van der Waals surface area contributed by atoms with E-state index in [1.165, 1.54) is 6.07 Å². The van der Waals surface area contributed by atoms with Crippen LogP contribution in [-0.4, -0.2) is 14.2 Å². The molecule has 3 rings (SSSR count). The SMILES string of the molecule is COc1cc(OC)c2c(-c3ccccc3)cc(=O)oc2c1Br. The predicted molar refractivity (Wildman–Crippen MR) is 88.7 cm³/mol. The number of methoxy groups -OCH3 is 2. The second kappa shape index (κ2) is 5.85. The highest BCUT2D eigenvalue weighted by Crippen LogP contribution is 2.42. The summed E-state index contributed by atoms with van der Waals surface area (Å²) >= 11 is 3.43. The van der Waals surface area contributed by atoms with Gasteiger partial charge in [-0.3, -0.25) is 0 Å². The molecule has 4 nitrogen and oxygen atoms in total. The third-order valence-corrected chi connectivity index (χ3v) is 4.16. The third-order valence-electron chi connectivity index (χ3n) is 3.41. The van der Waals surface area contributed by atoms with Gasteiger partial charge in [0.15, 0.2) is 5.58 Å². The van der Waals surface area contributed by atoms with Gasteiger partial charge in [0.05, 0.1) is 19.6 Å². The Labute approximate surface area is 135 Å². The van der Waals surface area contributed by atoms with Gasteiger partial charge in [0.2, 0.25) is 0 Å². The van der Waals surface area contributed by atoms with Crippen LogP contribution in [-0.2, 0) is 0 Å². The summed E-state index contributed by atoms with van der Waals surface area (Å²) in [5.74, 6) is 1.12. The summed E-state index contributed by atoms with van der Waals surface area (Å²) in [4.78, 5) is 12.0. The maximum atomic E-state index is 12.0. The van der Waals surface area contributed by atoms with Crippen molar-refractivity contribution in [1.29, 1.82) is 0 Å². The Kier molecular flexibility index (Phi) is 3.90. The number of halogens is 1. The number of fused-ring (bicyclic) bond motifs is 1. The fourth-order valence-corrected chi connectivity index (χ4v) is 2.97. The second-order valence-corrected chi connectivity index (χ2v) is 5.44. The molecule has 0 fully saturated rings. The van der Waals surface area contributed by atoms with Gasteiger partial charge in [-0.05, 0) is 21.5 Å². The van der Waals surface area contributed by atoms with Crippen LogP contribution in [0.4, 0.5) is 0 Å². The molecule has 0 saturated carbocycles. The van der Waals surface area contributed by atoms with E-state index in [-0.39, 0.29) is 0 Å². The molecular weight excluding hydrogens is 348 g/mol. The van der Waals surface area contributed by atoms with Crippen molar-refractivity contribution in [2.24, 2.45) is 0 Å². The van der Waals surface area contributed by atoms with Gasteiger partial charge in [0, 0.05) is 17.7 Å². The van der Waals surface area contributed by atoms with Crippen molar-refractivity contribution in [2.45, 2.75) is 0 Å². The quantitative estimate of drug-likeness (QED) is 0.655. The minimum Gasteiger partial charge on any atom is -0.496 e. The van der Waals surface area contributed by atoms with E-state index in [1.54, 1.807) is 20.3 Å². The van der Waals surface area contributed by atoms with Gasteiger partial charge in [0.1, 0.15) is 16.0 Å². The van der Waals surface area contributed by atoms with E-state index in [0.717, 1.165) is 16.5 Å². The largest absolute Gasteiger partial charge is 0.496 e. The summed E-state index contributed by atoms with van der Waals surface area (Å²) in [5.41, 5.74) is 1.65. The first-order chi connectivity index (χ1) is 10.7. The molecule has 0 saturated heterocycles. The smallest absolute Gasteiger partial charge is 0.336 e. The monoisotopic (exact) mass is 360 g/mol. The lowest BCUT2D eigenvalue weighted by Gasteiger charge is -2.13. The normalized spacial score (nSPS) is 10.7. The molecule has 1 aromatic heterocycles. The van der Waals surface area contributed by atoms with Crippen molar-refractivity contribution in [3.8, 4) is 22.6 Å². The fourth-order valence-electron chi connectivity index (χ4n) is 2.41. The van der Waals surface area contributed by atoms with Crippen LogP contribution in [0.25, 0.3) is 22.1 Å². The minimum atomic E-state index is -0.428. The minimum absolute atomic E-state index is 0.405. The van der Waals surface area contributed by atoms with E-state index in [4.69, 9.17) is 13.9 Å². The Morgan fingerprint density at radius 3 is 2.32 bits per heavy atom. The zero-order chi connectivity index (χ0) is 15.7. The van der Waals surface area contributed by atoms with Crippen molar-refractivity contribution >= 4 is 26.9 Å². The van der Waals surface area contributed by atoms with E-state index in [0.29, 0.717) is 21.6 Å². The molecule has 0 aliphatic rings. The first-order valence-electron chi connectivity index (χ1n) is 6.59. The molecule has 0 bridgehead atoms. The maximum absolute atomic E-state index is 12.0. The summed E-state index contributed by atoms with van der Waals surface area (Å²) in [5, 5.41) is 0.723. The van der Waals surface area contributed by atoms with Crippen molar-refractivity contribution in [3.05, 3.63) is 57.4 Å². The molecule has 0 aliphatic carbocycles. The van der Waals surface area contributed by atoms with Crippen LogP contribution in [0.2, 0.25) is 0 Å². The number of benzene rings is 2. The summed E-state index contributed by atoms with van der Waals surface area (Å²) in [6.07, 6.45) is 0. The number of hydrogen-bond acceptors (Lipinski definition) is 4. The summed E-state index contributed by atoms with van der Waals surface area (Å²) < 4.78 is 16.7. The molecule has 5 heteroatoms. The Hall–Kier alpha value is -2.27. The summed E-state index contributed by atoms with van der Waals surface area (Å²) in [7, 11) is 3.12. The van der Waals surface area contributed by atoms with Crippen molar-refractivity contribution < 1.29 is 13.9 Å². The molecule has 0 spiro atoms. The number of rotatable bonds is 3. The van der Waals surface area contributed by atoms with Crippen LogP contribution in [0.5, 0.6) is 11.5 Å². The lowest BCUT2D eigenvalue weighted by molar-refractivity contribution is 0.394. The van der Waals surface area contributed by atoms with Crippen LogP contribution >= 0.6 is 15.9 Å². The molecule has 3 aromatic rings. The van der Waals surface area contributed by atoms with Gasteiger partial charge in [-0.1, -0.05) is 30.3 Å². The van der Waals surface area contributed by atoms with Gasteiger partial charge < -0.3 is 13.9 Å². The molecule has 0 unspecified atom stereocenters. The molecule has 0 atom stereocenters. The Balaban J connectivity index is 2.48. The highest BCUT2D eigenvalue weighted by molar-refractivity contribution is 9.10. The van der Waals surface area contributed by atoms with Gasteiger partial charge in [-0.2, -0.15) is 0 Å². The molecule has 2 aromatic carbocycles. The Morgan fingerprint density at radius 1 is 1.00 bits per heavy atom. The molecule has 1 heterocycles. The average molecular weight is 361 g/mol. The van der Waals surface area contributed by atoms with E-state index in [9.17, 15) is 4.79 Å². The number of ether oxygens (including phenoxy) is 2. The third kappa shape index (κ3) is 2.37. The molecule has 112 valence electrons. The molecule has 0 aliphatic heterocycles. The Bertz CT molecular complexity index is 885. The van der Waals surface area contributed by atoms with Crippen molar-refractivity contribution in [1.82, 2.24) is 0 Å². The first-order valence-corrected chi connectivity index (χ1v) is 7.38. The zero-order valence-corrected chi connectivity index (χ0v) is 13.6. The van der Waals surface area contributed by atoms with Crippen LogP contribution in [0.3, 0.4) is 0 Å². The van der Waals surface area contributed by atoms with Gasteiger partial charge in [-0.15, -0.1) is 0 Å².